The smallest absolute Gasteiger partial charge is 0.239 e. The molecule has 3 N–H and O–H groups in total. The molecule has 1 amide bonds. The van der Waals surface area contributed by atoms with Gasteiger partial charge in [0.1, 0.15) is 6.04 Å². The van der Waals surface area contributed by atoms with E-state index in [2.05, 4.69) is 19.2 Å². The first-order valence-corrected chi connectivity index (χ1v) is 5.57. The Morgan fingerprint density at radius 1 is 1.41 bits per heavy atom. The number of nitrogens with two attached hydrogens (primary N) is 1. The van der Waals surface area contributed by atoms with Crippen LogP contribution in [0.5, 0.6) is 0 Å². The van der Waals surface area contributed by atoms with Crippen molar-refractivity contribution in [2.45, 2.75) is 19.9 Å². The van der Waals surface area contributed by atoms with Crippen LogP contribution in [-0.4, -0.2) is 12.5 Å². The van der Waals surface area contributed by atoms with Gasteiger partial charge in [0.2, 0.25) is 5.91 Å². The van der Waals surface area contributed by atoms with Crippen molar-refractivity contribution >= 4 is 5.91 Å². The predicted molar refractivity (Wildman–Crippen MR) is 65.9 cm³/mol. The second-order valence-electron chi connectivity index (χ2n) is 4.37. The molecule has 90 valence electrons. The van der Waals surface area contributed by atoms with Crippen molar-refractivity contribution in [3.8, 4) is 6.07 Å². The molecule has 0 saturated carbocycles. The van der Waals surface area contributed by atoms with Crippen LogP contribution >= 0.6 is 0 Å². The third-order valence-electron chi connectivity index (χ3n) is 2.39. The molecule has 1 rings (SSSR count). The normalized spacial score (nSPS) is 12.1. The summed E-state index contributed by atoms with van der Waals surface area (Å²) in [6, 6.07) is 8.41. The van der Waals surface area contributed by atoms with Gasteiger partial charge in [-0.3, -0.25) is 4.79 Å². The van der Waals surface area contributed by atoms with Crippen LogP contribution in [-0.2, 0) is 4.79 Å². The molecule has 17 heavy (non-hydrogen) atoms. The standard InChI is InChI=1S/C13H17N3O/c1-9(2)8-16-12(13(15)17)11-5-3-10(7-14)4-6-11/h3-6,9,12,16H,8H2,1-2H3,(H2,15,17). The third kappa shape index (κ3) is 3.89. The van der Waals surface area contributed by atoms with E-state index in [9.17, 15) is 4.79 Å². The van der Waals surface area contributed by atoms with Crippen LogP contribution in [0.2, 0.25) is 0 Å². The lowest BCUT2D eigenvalue weighted by Gasteiger charge is -2.17. The molecule has 0 aromatic heterocycles. The van der Waals surface area contributed by atoms with Gasteiger partial charge in [-0.1, -0.05) is 26.0 Å². The maximum Gasteiger partial charge on any atom is 0.239 e. The summed E-state index contributed by atoms with van der Waals surface area (Å²) in [5.41, 5.74) is 6.72. The molecule has 0 heterocycles. The van der Waals surface area contributed by atoms with Gasteiger partial charge in [0.15, 0.2) is 0 Å². The highest BCUT2D eigenvalue weighted by atomic mass is 16.1. The number of benzene rings is 1. The predicted octanol–water partition coefficient (Wildman–Crippen LogP) is 1.33. The molecule has 4 heteroatoms. The number of amides is 1. The SMILES string of the molecule is CC(C)CNC(C(N)=O)c1ccc(C#N)cc1. The summed E-state index contributed by atoms with van der Waals surface area (Å²) in [6.45, 7) is 4.83. The van der Waals surface area contributed by atoms with Gasteiger partial charge in [-0.25, -0.2) is 0 Å². The average molecular weight is 231 g/mol. The summed E-state index contributed by atoms with van der Waals surface area (Å²) in [6.07, 6.45) is 0. The zero-order valence-corrected chi connectivity index (χ0v) is 10.1. The molecule has 1 aromatic carbocycles. The minimum Gasteiger partial charge on any atom is -0.368 e. The fourth-order valence-electron chi connectivity index (χ4n) is 1.49. The van der Waals surface area contributed by atoms with Gasteiger partial charge in [-0.2, -0.15) is 5.26 Å². The Hall–Kier alpha value is -1.86. The molecule has 0 spiro atoms. The van der Waals surface area contributed by atoms with Gasteiger partial charge >= 0.3 is 0 Å². The van der Waals surface area contributed by atoms with E-state index in [1.165, 1.54) is 0 Å². The van der Waals surface area contributed by atoms with E-state index >= 15 is 0 Å². The highest BCUT2D eigenvalue weighted by molar-refractivity contribution is 5.81. The van der Waals surface area contributed by atoms with Crippen LogP contribution in [0, 0.1) is 17.2 Å². The number of hydrogen-bond donors (Lipinski definition) is 2. The van der Waals surface area contributed by atoms with Crippen molar-refractivity contribution < 1.29 is 4.79 Å². The molecular formula is C13H17N3O. The molecule has 0 radical (unpaired) electrons. The number of hydrogen-bond acceptors (Lipinski definition) is 3. The quantitative estimate of drug-likeness (QED) is 0.802. The second-order valence-corrected chi connectivity index (χ2v) is 4.37. The molecule has 0 aliphatic rings. The van der Waals surface area contributed by atoms with Crippen LogP contribution in [0.25, 0.3) is 0 Å². The van der Waals surface area contributed by atoms with Crippen LogP contribution in [0.4, 0.5) is 0 Å². The molecule has 0 fully saturated rings. The summed E-state index contributed by atoms with van der Waals surface area (Å²) in [7, 11) is 0. The lowest BCUT2D eigenvalue weighted by Crippen LogP contribution is -2.35. The topological polar surface area (TPSA) is 78.9 Å². The Morgan fingerprint density at radius 2 is 2.00 bits per heavy atom. The maximum atomic E-state index is 11.4. The number of primary amides is 1. The van der Waals surface area contributed by atoms with E-state index in [1.54, 1.807) is 24.3 Å². The van der Waals surface area contributed by atoms with E-state index in [1.807, 2.05) is 6.07 Å². The number of nitrogens with one attached hydrogen (secondary N) is 1. The van der Waals surface area contributed by atoms with Gasteiger partial charge in [0, 0.05) is 0 Å². The van der Waals surface area contributed by atoms with E-state index in [0.29, 0.717) is 18.0 Å². The molecule has 1 unspecified atom stereocenters. The summed E-state index contributed by atoms with van der Waals surface area (Å²) in [5, 5.41) is 11.8. The Labute approximate surface area is 101 Å². The van der Waals surface area contributed by atoms with Crippen LogP contribution in [0.15, 0.2) is 24.3 Å². The first kappa shape index (κ1) is 13.2. The number of carbonyl (C=O) groups excluding carboxylic acids is 1. The van der Waals surface area contributed by atoms with Gasteiger partial charge < -0.3 is 11.1 Å². The highest BCUT2D eigenvalue weighted by Gasteiger charge is 2.17. The Morgan fingerprint density at radius 3 is 2.41 bits per heavy atom. The van der Waals surface area contributed by atoms with Crippen molar-refractivity contribution in [2.75, 3.05) is 6.54 Å². The number of rotatable bonds is 5. The van der Waals surface area contributed by atoms with Crippen molar-refractivity contribution in [3.05, 3.63) is 35.4 Å². The minimum absolute atomic E-state index is 0.407. The zero-order chi connectivity index (χ0) is 12.8. The monoisotopic (exact) mass is 231 g/mol. The van der Waals surface area contributed by atoms with E-state index in [4.69, 9.17) is 11.0 Å². The number of nitrogens with zero attached hydrogens (tertiary/aromatic N) is 1. The second kappa shape index (κ2) is 6.02. The summed E-state index contributed by atoms with van der Waals surface area (Å²) in [4.78, 5) is 11.4. The highest BCUT2D eigenvalue weighted by Crippen LogP contribution is 2.13. The van der Waals surface area contributed by atoms with Crippen molar-refractivity contribution in [2.24, 2.45) is 11.7 Å². The van der Waals surface area contributed by atoms with Crippen LogP contribution < -0.4 is 11.1 Å². The fourth-order valence-corrected chi connectivity index (χ4v) is 1.49. The Bertz CT molecular complexity index is 417. The molecule has 1 aromatic rings. The molecule has 1 atom stereocenters. The van der Waals surface area contributed by atoms with Gasteiger partial charge in [0.05, 0.1) is 11.6 Å². The van der Waals surface area contributed by atoms with Crippen molar-refractivity contribution in [3.63, 3.8) is 0 Å². The largest absolute Gasteiger partial charge is 0.368 e. The molecule has 0 aliphatic carbocycles. The third-order valence-corrected chi connectivity index (χ3v) is 2.39. The van der Waals surface area contributed by atoms with E-state index in [-0.39, 0.29) is 0 Å². The molecule has 4 nitrogen and oxygen atoms in total. The van der Waals surface area contributed by atoms with Crippen LogP contribution in [0.1, 0.15) is 31.0 Å². The van der Waals surface area contributed by atoms with Gasteiger partial charge in [-0.15, -0.1) is 0 Å². The van der Waals surface area contributed by atoms with E-state index in [0.717, 1.165) is 5.56 Å². The lowest BCUT2D eigenvalue weighted by atomic mass is 10.0. The number of carbonyl (C=O) groups is 1. The molecular weight excluding hydrogens is 214 g/mol. The Balaban J connectivity index is 2.83. The molecule has 0 bridgehead atoms. The average Bonchev–Trinajstić information content (AvgIpc) is 2.29. The molecule has 0 aliphatic heterocycles. The van der Waals surface area contributed by atoms with Crippen molar-refractivity contribution in [1.82, 2.24) is 5.32 Å². The zero-order valence-electron chi connectivity index (χ0n) is 10.1. The Kier molecular flexibility index (Phi) is 4.68. The minimum atomic E-state index is -0.495. The maximum absolute atomic E-state index is 11.4. The summed E-state index contributed by atoms with van der Waals surface area (Å²) < 4.78 is 0. The van der Waals surface area contributed by atoms with Crippen molar-refractivity contribution in [1.29, 1.82) is 5.26 Å². The summed E-state index contributed by atoms with van der Waals surface area (Å²) in [5.74, 6) is 0.0330. The fraction of sp³-hybridized carbons (Fsp3) is 0.385. The van der Waals surface area contributed by atoms with Gasteiger partial charge in [0.25, 0.3) is 0 Å². The first-order valence-electron chi connectivity index (χ1n) is 5.57. The van der Waals surface area contributed by atoms with Gasteiger partial charge in [-0.05, 0) is 30.2 Å². The van der Waals surface area contributed by atoms with Crippen LogP contribution in [0.3, 0.4) is 0 Å². The number of nitriles is 1. The van der Waals surface area contributed by atoms with E-state index < -0.39 is 11.9 Å². The lowest BCUT2D eigenvalue weighted by molar-refractivity contribution is -0.120. The first-order chi connectivity index (χ1) is 8.04. The molecule has 0 saturated heterocycles. The summed E-state index contributed by atoms with van der Waals surface area (Å²) >= 11 is 0.